The van der Waals surface area contributed by atoms with E-state index in [-0.39, 0.29) is 5.41 Å². The van der Waals surface area contributed by atoms with E-state index < -0.39 is 0 Å². The first-order valence-electron chi connectivity index (χ1n) is 15.4. The second kappa shape index (κ2) is 9.52. The molecule has 0 amide bonds. The molecule has 0 aliphatic heterocycles. The molecule has 0 aromatic rings. The summed E-state index contributed by atoms with van der Waals surface area (Å²) in [5, 5.41) is 0. The van der Waals surface area contributed by atoms with Gasteiger partial charge in [-0.2, -0.15) is 0 Å². The van der Waals surface area contributed by atoms with E-state index in [1.54, 1.807) is 0 Å². The number of hydrogen-bond donors (Lipinski definition) is 0. The summed E-state index contributed by atoms with van der Waals surface area (Å²) in [4.78, 5) is 13.1. The Kier molecular flexibility index (Phi) is 7.48. The summed E-state index contributed by atoms with van der Waals surface area (Å²) in [5.74, 6) is 5.29. The Hall–Kier alpha value is -0.330. The van der Waals surface area contributed by atoms with E-state index in [0.717, 1.165) is 36.0 Å². The lowest BCUT2D eigenvalue weighted by Crippen LogP contribution is -2.53. The van der Waals surface area contributed by atoms with Crippen LogP contribution in [0.15, 0.2) is 0 Å². The third-order valence-corrected chi connectivity index (χ3v) is 12.1. The van der Waals surface area contributed by atoms with Crippen molar-refractivity contribution < 1.29 is 4.79 Å². The summed E-state index contributed by atoms with van der Waals surface area (Å²) in [5.41, 5.74) is 1.49. The second-order valence-electron chi connectivity index (χ2n) is 15.9. The van der Waals surface area contributed by atoms with Gasteiger partial charge in [0.25, 0.3) is 0 Å². The van der Waals surface area contributed by atoms with Crippen LogP contribution >= 0.6 is 0 Å². The van der Waals surface area contributed by atoms with E-state index in [4.69, 9.17) is 0 Å². The van der Waals surface area contributed by atoms with Crippen LogP contribution in [0.4, 0.5) is 0 Å². The van der Waals surface area contributed by atoms with Crippen LogP contribution < -0.4 is 0 Å². The standard InChI is InChI=1S/C33H58O/c1-23(2)11-9-12-24(3)27-13-14-28-32(27,8)17-10-18-33(28)20-16-26-21-25(29(34)30(4,5)6)15-19-31(26,7)22-33/h23-28H,9-22H2,1-8H3/t24-,25+,26+,27?,28-,31?,32?,33-/m1/s1. The van der Waals surface area contributed by atoms with E-state index >= 15 is 0 Å². The highest BCUT2D eigenvalue weighted by atomic mass is 16.1. The van der Waals surface area contributed by atoms with Crippen molar-refractivity contribution in [1.29, 1.82) is 0 Å². The normalized spacial score (nSPS) is 43.6. The van der Waals surface area contributed by atoms with E-state index in [1.165, 1.54) is 83.5 Å². The van der Waals surface area contributed by atoms with Gasteiger partial charge in [0.15, 0.2) is 0 Å². The molecule has 196 valence electrons. The average molecular weight is 471 g/mol. The summed E-state index contributed by atoms with van der Waals surface area (Å²) in [6.07, 6.45) is 19.7. The fourth-order valence-corrected chi connectivity index (χ4v) is 10.5. The number of rotatable bonds is 6. The average Bonchev–Trinajstić information content (AvgIpc) is 3.10. The van der Waals surface area contributed by atoms with Crippen LogP contribution in [0.2, 0.25) is 0 Å². The highest BCUT2D eigenvalue weighted by Crippen LogP contribution is 2.70. The van der Waals surface area contributed by atoms with Gasteiger partial charge in [-0.1, -0.05) is 81.1 Å². The summed E-state index contributed by atoms with van der Waals surface area (Å²) in [6.45, 7) is 19.1. The molecular formula is C33H58O. The van der Waals surface area contributed by atoms with Gasteiger partial charge in [0.05, 0.1) is 0 Å². The molecule has 1 heteroatoms. The molecule has 1 spiro atoms. The molecular weight excluding hydrogens is 412 g/mol. The Balaban J connectivity index is 1.46. The Morgan fingerprint density at radius 1 is 0.912 bits per heavy atom. The summed E-state index contributed by atoms with van der Waals surface area (Å²) < 4.78 is 0. The number of fused-ring (bicyclic) bond motifs is 3. The van der Waals surface area contributed by atoms with Gasteiger partial charge in [-0.3, -0.25) is 4.79 Å². The number of ketones is 1. The molecule has 3 unspecified atom stereocenters. The van der Waals surface area contributed by atoms with Crippen molar-refractivity contribution >= 4 is 5.78 Å². The van der Waals surface area contributed by atoms with Gasteiger partial charge in [0, 0.05) is 11.3 Å². The topological polar surface area (TPSA) is 17.1 Å². The number of hydrogen-bond acceptors (Lipinski definition) is 1. The van der Waals surface area contributed by atoms with Crippen molar-refractivity contribution in [3.63, 3.8) is 0 Å². The lowest BCUT2D eigenvalue weighted by atomic mass is 9.43. The van der Waals surface area contributed by atoms with Gasteiger partial charge in [-0.25, -0.2) is 0 Å². The van der Waals surface area contributed by atoms with E-state index in [1.807, 2.05) is 0 Å². The predicted molar refractivity (Wildman–Crippen MR) is 146 cm³/mol. The van der Waals surface area contributed by atoms with Gasteiger partial charge in [-0.05, 0) is 110 Å². The molecule has 4 saturated carbocycles. The third kappa shape index (κ3) is 4.81. The second-order valence-corrected chi connectivity index (χ2v) is 15.9. The Morgan fingerprint density at radius 2 is 1.65 bits per heavy atom. The third-order valence-electron chi connectivity index (χ3n) is 12.1. The minimum absolute atomic E-state index is 0.176. The lowest BCUT2D eigenvalue weighted by molar-refractivity contribution is -0.139. The smallest absolute Gasteiger partial charge is 0.141 e. The lowest BCUT2D eigenvalue weighted by Gasteiger charge is -2.61. The fraction of sp³-hybridized carbons (Fsp3) is 0.970. The van der Waals surface area contributed by atoms with Crippen LogP contribution in [0, 0.1) is 57.2 Å². The zero-order valence-electron chi connectivity index (χ0n) is 24.3. The molecule has 4 fully saturated rings. The molecule has 0 aromatic heterocycles. The van der Waals surface area contributed by atoms with Crippen LogP contribution in [-0.4, -0.2) is 5.78 Å². The van der Waals surface area contributed by atoms with E-state index in [2.05, 4.69) is 55.4 Å². The first-order chi connectivity index (χ1) is 15.8. The zero-order valence-corrected chi connectivity index (χ0v) is 24.3. The maximum Gasteiger partial charge on any atom is 0.141 e. The molecule has 34 heavy (non-hydrogen) atoms. The molecule has 0 aromatic carbocycles. The molecule has 0 saturated heterocycles. The van der Waals surface area contributed by atoms with Gasteiger partial charge in [0.2, 0.25) is 0 Å². The Morgan fingerprint density at radius 3 is 2.32 bits per heavy atom. The summed E-state index contributed by atoms with van der Waals surface area (Å²) in [6, 6.07) is 0. The summed E-state index contributed by atoms with van der Waals surface area (Å²) in [7, 11) is 0. The highest BCUT2D eigenvalue weighted by molar-refractivity contribution is 5.86. The predicted octanol–water partition coefficient (Wildman–Crippen LogP) is 9.87. The maximum atomic E-state index is 13.1. The molecule has 8 atom stereocenters. The number of Topliss-reactive ketones (excluding diaryl/α,β-unsaturated/α-hetero) is 1. The number of carbonyl (C=O) groups excluding carboxylic acids is 1. The van der Waals surface area contributed by atoms with Crippen molar-refractivity contribution in [1.82, 2.24) is 0 Å². The SMILES string of the molecule is CC(C)CCC[C@@H](C)C1CC[C@@H]2C1(C)CCC[C@]21CC[C@H]2C[C@@H](C(=O)C(C)(C)C)CCC2(C)C1. The van der Waals surface area contributed by atoms with Crippen molar-refractivity contribution in [2.45, 2.75) is 145 Å². The molecule has 0 radical (unpaired) electrons. The van der Waals surface area contributed by atoms with Gasteiger partial charge >= 0.3 is 0 Å². The Bertz CT molecular complexity index is 729. The van der Waals surface area contributed by atoms with Gasteiger partial charge in [-0.15, -0.1) is 0 Å². The Labute approximate surface area is 213 Å². The molecule has 0 heterocycles. The highest BCUT2D eigenvalue weighted by Gasteiger charge is 2.61. The van der Waals surface area contributed by atoms with E-state index in [9.17, 15) is 4.79 Å². The molecule has 4 aliphatic carbocycles. The summed E-state index contributed by atoms with van der Waals surface area (Å²) >= 11 is 0. The fourth-order valence-electron chi connectivity index (χ4n) is 10.5. The van der Waals surface area contributed by atoms with Crippen LogP contribution in [0.25, 0.3) is 0 Å². The van der Waals surface area contributed by atoms with Crippen molar-refractivity contribution in [3.05, 3.63) is 0 Å². The van der Waals surface area contributed by atoms with Gasteiger partial charge in [0.1, 0.15) is 5.78 Å². The van der Waals surface area contributed by atoms with Crippen molar-refractivity contribution in [2.24, 2.45) is 57.2 Å². The van der Waals surface area contributed by atoms with Crippen LogP contribution in [0.3, 0.4) is 0 Å². The van der Waals surface area contributed by atoms with Gasteiger partial charge < -0.3 is 0 Å². The maximum absolute atomic E-state index is 13.1. The first-order valence-corrected chi connectivity index (χ1v) is 15.4. The van der Waals surface area contributed by atoms with Crippen molar-refractivity contribution in [3.8, 4) is 0 Å². The largest absolute Gasteiger partial charge is 0.299 e. The van der Waals surface area contributed by atoms with Crippen molar-refractivity contribution in [2.75, 3.05) is 0 Å². The molecule has 0 N–H and O–H groups in total. The van der Waals surface area contributed by atoms with Crippen LogP contribution in [-0.2, 0) is 4.79 Å². The van der Waals surface area contributed by atoms with E-state index in [0.29, 0.717) is 27.9 Å². The minimum atomic E-state index is -0.176. The zero-order chi connectivity index (χ0) is 24.9. The molecule has 4 rings (SSSR count). The first kappa shape index (κ1) is 26.7. The molecule has 0 bridgehead atoms. The van der Waals surface area contributed by atoms with Crippen LogP contribution in [0.1, 0.15) is 145 Å². The quantitative estimate of drug-likeness (QED) is 0.377. The molecule has 1 nitrogen and oxygen atoms in total. The van der Waals surface area contributed by atoms with Crippen LogP contribution in [0.5, 0.6) is 0 Å². The minimum Gasteiger partial charge on any atom is -0.299 e. The number of carbonyl (C=O) groups is 1. The monoisotopic (exact) mass is 470 g/mol. The molecule has 4 aliphatic rings.